The lowest BCUT2D eigenvalue weighted by molar-refractivity contribution is -0.117. The van der Waals surface area contributed by atoms with Crippen molar-refractivity contribution in [3.8, 4) is 0 Å². The first-order valence-corrected chi connectivity index (χ1v) is 9.41. The number of hydrogen-bond donors (Lipinski definition) is 1. The second kappa shape index (κ2) is 8.19. The number of para-hydroxylation sites is 1. The van der Waals surface area contributed by atoms with E-state index in [-0.39, 0.29) is 11.8 Å². The van der Waals surface area contributed by atoms with Gasteiger partial charge in [0.2, 0.25) is 5.91 Å². The largest absolute Gasteiger partial charge is 0.336 e. The molecule has 1 aromatic carbocycles. The monoisotopic (exact) mass is 397 g/mol. The number of hydrogen-bond acceptors (Lipinski definition) is 4. The van der Waals surface area contributed by atoms with E-state index in [1.54, 1.807) is 11.0 Å². The van der Waals surface area contributed by atoms with Gasteiger partial charge in [0.1, 0.15) is 4.34 Å². The van der Waals surface area contributed by atoms with Gasteiger partial charge in [0, 0.05) is 31.9 Å². The topological polar surface area (TPSA) is 52.7 Å². The molecule has 2 heterocycles. The van der Waals surface area contributed by atoms with Crippen molar-refractivity contribution in [2.45, 2.75) is 0 Å². The third-order valence-corrected chi connectivity index (χ3v) is 5.46. The van der Waals surface area contributed by atoms with Crippen LogP contribution < -0.4 is 5.32 Å². The number of piperazine rings is 1. The van der Waals surface area contributed by atoms with E-state index >= 15 is 0 Å². The van der Waals surface area contributed by atoms with E-state index in [2.05, 4.69) is 5.32 Å². The summed E-state index contributed by atoms with van der Waals surface area (Å²) in [6, 6.07) is 11.0. The third kappa shape index (κ3) is 4.73. The maximum atomic E-state index is 12.5. The van der Waals surface area contributed by atoms with Crippen molar-refractivity contribution in [1.29, 1.82) is 0 Å². The fraction of sp³-hybridized carbons (Fsp3) is 0.294. The SMILES string of the molecule is O=C(CN1CCN(C(=O)c2cc(Cl)sc2Cl)CC1)Nc1ccccc1. The first-order valence-electron chi connectivity index (χ1n) is 7.84. The quantitative estimate of drug-likeness (QED) is 0.859. The first kappa shape index (κ1) is 18.2. The van der Waals surface area contributed by atoms with Crippen LogP contribution in [-0.2, 0) is 4.79 Å². The van der Waals surface area contributed by atoms with Crippen LogP contribution >= 0.6 is 34.5 Å². The zero-order valence-electron chi connectivity index (χ0n) is 13.4. The summed E-state index contributed by atoms with van der Waals surface area (Å²) in [5.74, 6) is -0.167. The number of carbonyl (C=O) groups excluding carboxylic acids is 2. The van der Waals surface area contributed by atoms with E-state index in [9.17, 15) is 9.59 Å². The number of benzene rings is 1. The van der Waals surface area contributed by atoms with Crippen LogP contribution in [0.3, 0.4) is 0 Å². The molecule has 2 aromatic rings. The standard InChI is InChI=1S/C17H17Cl2N3O2S/c18-14-10-13(16(19)25-14)17(24)22-8-6-21(7-9-22)11-15(23)20-12-4-2-1-3-5-12/h1-5,10H,6-9,11H2,(H,20,23). The highest BCUT2D eigenvalue weighted by Gasteiger charge is 2.25. The average molecular weight is 398 g/mol. The lowest BCUT2D eigenvalue weighted by atomic mass is 10.2. The summed E-state index contributed by atoms with van der Waals surface area (Å²) in [6.07, 6.45) is 0. The molecule has 2 amide bonds. The van der Waals surface area contributed by atoms with Crippen molar-refractivity contribution in [2.24, 2.45) is 0 Å². The molecule has 5 nitrogen and oxygen atoms in total. The van der Waals surface area contributed by atoms with Gasteiger partial charge in [0.25, 0.3) is 5.91 Å². The smallest absolute Gasteiger partial charge is 0.256 e. The van der Waals surface area contributed by atoms with Crippen LogP contribution in [0.2, 0.25) is 8.67 Å². The average Bonchev–Trinajstić information content (AvgIpc) is 2.94. The van der Waals surface area contributed by atoms with Crippen molar-refractivity contribution in [1.82, 2.24) is 9.80 Å². The van der Waals surface area contributed by atoms with E-state index in [0.717, 1.165) is 5.69 Å². The Morgan fingerprint density at radius 2 is 1.76 bits per heavy atom. The van der Waals surface area contributed by atoms with Crippen LogP contribution in [0.15, 0.2) is 36.4 Å². The van der Waals surface area contributed by atoms with E-state index in [1.165, 1.54) is 11.3 Å². The van der Waals surface area contributed by atoms with Crippen LogP contribution in [0.1, 0.15) is 10.4 Å². The number of carbonyl (C=O) groups is 2. The summed E-state index contributed by atoms with van der Waals surface area (Å²) in [4.78, 5) is 28.4. The zero-order valence-corrected chi connectivity index (χ0v) is 15.7. The molecule has 1 aliphatic heterocycles. The summed E-state index contributed by atoms with van der Waals surface area (Å²) in [5.41, 5.74) is 1.23. The molecular formula is C17H17Cl2N3O2S. The number of nitrogens with zero attached hydrogens (tertiary/aromatic N) is 2. The molecule has 8 heteroatoms. The predicted molar refractivity (Wildman–Crippen MR) is 102 cm³/mol. The number of anilines is 1. The van der Waals surface area contributed by atoms with Gasteiger partial charge in [0.15, 0.2) is 0 Å². The predicted octanol–water partition coefficient (Wildman–Crippen LogP) is 3.45. The maximum Gasteiger partial charge on any atom is 0.256 e. The molecule has 3 rings (SSSR count). The Labute approximate surface area is 160 Å². The minimum atomic E-state index is -0.110. The fourth-order valence-electron chi connectivity index (χ4n) is 2.69. The molecule has 0 radical (unpaired) electrons. The summed E-state index contributed by atoms with van der Waals surface area (Å²) >= 11 is 13.2. The Hall–Kier alpha value is -1.60. The highest BCUT2D eigenvalue weighted by atomic mass is 35.5. The lowest BCUT2D eigenvalue weighted by Gasteiger charge is -2.34. The van der Waals surface area contributed by atoms with Gasteiger partial charge in [-0.2, -0.15) is 0 Å². The molecule has 0 aliphatic carbocycles. The molecule has 1 fully saturated rings. The van der Waals surface area contributed by atoms with Crippen LogP contribution in [-0.4, -0.2) is 54.3 Å². The Kier molecular flexibility index (Phi) is 5.96. The second-order valence-corrected chi connectivity index (χ2v) is 8.01. The number of thiophene rings is 1. The van der Waals surface area contributed by atoms with E-state index in [0.29, 0.717) is 47.0 Å². The first-order chi connectivity index (χ1) is 12.0. The van der Waals surface area contributed by atoms with Crippen LogP contribution in [0.4, 0.5) is 5.69 Å². The van der Waals surface area contributed by atoms with Crippen molar-refractivity contribution in [2.75, 3.05) is 38.0 Å². The maximum absolute atomic E-state index is 12.5. The molecule has 1 saturated heterocycles. The van der Waals surface area contributed by atoms with Crippen molar-refractivity contribution >= 4 is 52.0 Å². The highest BCUT2D eigenvalue weighted by Crippen LogP contribution is 2.32. The van der Waals surface area contributed by atoms with E-state index in [4.69, 9.17) is 23.2 Å². The number of rotatable bonds is 4. The van der Waals surface area contributed by atoms with Crippen molar-refractivity contribution in [3.63, 3.8) is 0 Å². The number of nitrogens with one attached hydrogen (secondary N) is 1. The molecule has 1 aliphatic rings. The normalized spacial score (nSPS) is 15.2. The van der Waals surface area contributed by atoms with Crippen molar-refractivity contribution < 1.29 is 9.59 Å². The minimum absolute atomic E-state index is 0.0568. The Bertz CT molecular complexity index is 759. The van der Waals surface area contributed by atoms with Crippen LogP contribution in [0.25, 0.3) is 0 Å². The number of halogens is 2. The highest BCUT2D eigenvalue weighted by molar-refractivity contribution is 7.20. The molecule has 0 bridgehead atoms. The van der Waals surface area contributed by atoms with Gasteiger partial charge in [-0.05, 0) is 18.2 Å². The minimum Gasteiger partial charge on any atom is -0.336 e. The Balaban J connectivity index is 1.49. The summed E-state index contributed by atoms with van der Waals surface area (Å²) < 4.78 is 0.921. The molecule has 25 heavy (non-hydrogen) atoms. The molecule has 0 spiro atoms. The summed E-state index contributed by atoms with van der Waals surface area (Å²) in [6.45, 7) is 2.71. The van der Waals surface area contributed by atoms with Crippen molar-refractivity contribution in [3.05, 3.63) is 50.6 Å². The molecular weight excluding hydrogens is 381 g/mol. The van der Waals surface area contributed by atoms with Crippen LogP contribution in [0, 0.1) is 0 Å². The van der Waals surface area contributed by atoms with E-state index in [1.807, 2.05) is 35.2 Å². The van der Waals surface area contributed by atoms with Gasteiger partial charge in [0.05, 0.1) is 16.4 Å². The van der Waals surface area contributed by atoms with E-state index < -0.39 is 0 Å². The van der Waals surface area contributed by atoms with Gasteiger partial charge in [-0.1, -0.05) is 41.4 Å². The summed E-state index contributed by atoms with van der Waals surface area (Å²) in [7, 11) is 0. The summed E-state index contributed by atoms with van der Waals surface area (Å²) in [5, 5.41) is 2.87. The van der Waals surface area contributed by atoms with Gasteiger partial charge >= 0.3 is 0 Å². The third-order valence-electron chi connectivity index (χ3n) is 3.97. The Morgan fingerprint density at radius 3 is 2.36 bits per heavy atom. The van der Waals surface area contributed by atoms with Gasteiger partial charge in [-0.3, -0.25) is 14.5 Å². The fourth-order valence-corrected chi connectivity index (χ4v) is 4.14. The molecule has 132 valence electrons. The van der Waals surface area contributed by atoms with Gasteiger partial charge in [-0.15, -0.1) is 11.3 Å². The van der Waals surface area contributed by atoms with Gasteiger partial charge < -0.3 is 10.2 Å². The lowest BCUT2D eigenvalue weighted by Crippen LogP contribution is -2.50. The van der Waals surface area contributed by atoms with Crippen LogP contribution in [0.5, 0.6) is 0 Å². The molecule has 1 aromatic heterocycles. The molecule has 0 saturated carbocycles. The Morgan fingerprint density at radius 1 is 1.08 bits per heavy atom. The molecule has 0 atom stereocenters. The number of amides is 2. The molecule has 1 N–H and O–H groups in total. The van der Waals surface area contributed by atoms with Gasteiger partial charge in [-0.25, -0.2) is 0 Å². The molecule has 0 unspecified atom stereocenters. The second-order valence-electron chi connectivity index (χ2n) is 5.72. The zero-order chi connectivity index (χ0) is 17.8.